The van der Waals surface area contributed by atoms with Gasteiger partial charge in [-0.25, -0.2) is 0 Å². The lowest BCUT2D eigenvalue weighted by Gasteiger charge is -2.11. The van der Waals surface area contributed by atoms with Crippen LogP contribution in [0, 0.1) is 31.6 Å². The molecule has 0 N–H and O–H groups in total. The Labute approximate surface area is 135 Å². The van der Waals surface area contributed by atoms with E-state index in [9.17, 15) is 0 Å². The largest absolute Gasteiger partial charge is 0.103 e. The Bertz CT molecular complexity index is 242. The summed E-state index contributed by atoms with van der Waals surface area (Å²) < 4.78 is 0. The Morgan fingerprint density at radius 2 is 1.19 bits per heavy atom. The average molecular weight is 291 g/mol. The molecule has 21 heavy (non-hydrogen) atoms. The molecule has 2 radical (unpaired) electrons. The van der Waals surface area contributed by atoms with Gasteiger partial charge in [-0.15, -0.1) is 11.8 Å². The van der Waals surface area contributed by atoms with Crippen LogP contribution in [-0.4, -0.2) is 0 Å². The van der Waals surface area contributed by atoms with E-state index in [1.54, 1.807) is 0 Å². The Balaban J connectivity index is 3.15. The highest BCUT2D eigenvalue weighted by molar-refractivity contribution is 5.00. The minimum absolute atomic E-state index is 0.935. The fraction of sp³-hybridized carbons (Fsp3) is 0.810. The van der Waals surface area contributed by atoms with E-state index in [0.29, 0.717) is 0 Å². The molecule has 0 aromatic heterocycles. The molecule has 122 valence electrons. The molecule has 1 unspecified atom stereocenters. The predicted octanol–water partition coefficient (Wildman–Crippen LogP) is 7.15. The summed E-state index contributed by atoms with van der Waals surface area (Å²) in [5, 5.41) is 0. The van der Waals surface area contributed by atoms with Gasteiger partial charge in [-0.2, -0.15) is 0 Å². The van der Waals surface area contributed by atoms with E-state index in [-0.39, 0.29) is 0 Å². The highest BCUT2D eigenvalue weighted by Crippen LogP contribution is 2.18. The quantitative estimate of drug-likeness (QED) is 0.222. The van der Waals surface area contributed by atoms with Gasteiger partial charge in [-0.05, 0) is 12.3 Å². The van der Waals surface area contributed by atoms with Crippen LogP contribution in [0.25, 0.3) is 0 Å². The lowest BCUT2D eigenvalue weighted by molar-refractivity contribution is 0.432. The van der Waals surface area contributed by atoms with Crippen LogP contribution in [0.5, 0.6) is 0 Å². The predicted molar refractivity (Wildman–Crippen MR) is 96.9 cm³/mol. The van der Waals surface area contributed by atoms with Crippen LogP contribution in [0.4, 0.5) is 0 Å². The van der Waals surface area contributed by atoms with Crippen LogP contribution >= 0.6 is 0 Å². The Hall–Kier alpha value is -0.440. The Kier molecular flexibility index (Phi) is 17.2. The Morgan fingerprint density at radius 3 is 1.71 bits per heavy atom. The molecule has 0 bridgehead atoms. The van der Waals surface area contributed by atoms with Crippen molar-refractivity contribution in [3.8, 4) is 11.8 Å². The second-order valence-corrected chi connectivity index (χ2v) is 6.53. The highest BCUT2D eigenvalue weighted by Gasteiger charge is 2.02. The first-order valence-electron chi connectivity index (χ1n) is 9.35. The summed E-state index contributed by atoms with van der Waals surface area (Å²) in [6.07, 6.45) is 20.3. The molecule has 0 spiro atoms. The third kappa shape index (κ3) is 17.5. The maximum Gasteiger partial charge on any atom is 0.0198 e. The first-order chi connectivity index (χ1) is 10.3. The molecular weight excluding hydrogens is 252 g/mol. The van der Waals surface area contributed by atoms with Crippen LogP contribution in [0.1, 0.15) is 103 Å². The highest BCUT2D eigenvalue weighted by atomic mass is 14.1. The van der Waals surface area contributed by atoms with Crippen molar-refractivity contribution in [1.82, 2.24) is 0 Å². The first-order valence-corrected chi connectivity index (χ1v) is 9.35. The zero-order valence-corrected chi connectivity index (χ0v) is 14.6. The summed E-state index contributed by atoms with van der Waals surface area (Å²) in [7, 11) is 0. The van der Waals surface area contributed by atoms with Crippen molar-refractivity contribution in [3.05, 3.63) is 13.8 Å². The smallest absolute Gasteiger partial charge is 0.0198 e. The number of hydrogen-bond acceptors (Lipinski definition) is 0. The lowest BCUT2D eigenvalue weighted by Crippen LogP contribution is -1.95. The molecule has 0 heterocycles. The minimum Gasteiger partial charge on any atom is -0.103 e. The van der Waals surface area contributed by atoms with Gasteiger partial charge in [0.05, 0.1) is 0 Å². The molecule has 0 amide bonds. The summed E-state index contributed by atoms with van der Waals surface area (Å²) in [5.41, 5.74) is 0. The van der Waals surface area contributed by atoms with Gasteiger partial charge in [0.2, 0.25) is 0 Å². The van der Waals surface area contributed by atoms with Gasteiger partial charge in [0.25, 0.3) is 0 Å². The maximum absolute atomic E-state index is 3.90. The van der Waals surface area contributed by atoms with Crippen molar-refractivity contribution in [1.29, 1.82) is 0 Å². The van der Waals surface area contributed by atoms with Crippen molar-refractivity contribution in [2.75, 3.05) is 0 Å². The summed E-state index contributed by atoms with van der Waals surface area (Å²) in [5.74, 6) is 6.69. The molecule has 0 rings (SSSR count). The first kappa shape index (κ1) is 20.6. The van der Waals surface area contributed by atoms with E-state index in [4.69, 9.17) is 0 Å². The van der Waals surface area contributed by atoms with E-state index in [1.807, 2.05) is 0 Å². The number of unbranched alkanes of at least 4 members (excludes halogenated alkanes) is 11. The van der Waals surface area contributed by atoms with E-state index in [0.717, 1.165) is 18.8 Å². The lowest BCUT2D eigenvalue weighted by atomic mass is 9.96. The van der Waals surface area contributed by atoms with Gasteiger partial charge in [-0.3, -0.25) is 0 Å². The van der Waals surface area contributed by atoms with Crippen molar-refractivity contribution in [2.45, 2.75) is 103 Å². The molecule has 0 aliphatic carbocycles. The molecule has 0 aliphatic heterocycles. The van der Waals surface area contributed by atoms with Crippen LogP contribution in [0.3, 0.4) is 0 Å². The van der Waals surface area contributed by atoms with E-state index < -0.39 is 0 Å². The van der Waals surface area contributed by atoms with Crippen molar-refractivity contribution in [3.63, 3.8) is 0 Å². The summed E-state index contributed by atoms with van der Waals surface area (Å²) in [6, 6.07) is 0. The topological polar surface area (TPSA) is 0 Å². The SMILES string of the molecule is [CH2]C#CCCCCCCCCC(C)CCCCCCC[CH2]. The second-order valence-electron chi connectivity index (χ2n) is 6.53. The number of rotatable bonds is 15. The third-order valence-corrected chi connectivity index (χ3v) is 4.32. The van der Waals surface area contributed by atoms with Crippen molar-refractivity contribution >= 4 is 0 Å². The summed E-state index contributed by atoms with van der Waals surface area (Å²) in [4.78, 5) is 0. The van der Waals surface area contributed by atoms with Crippen LogP contribution in [0.15, 0.2) is 0 Å². The standard InChI is InChI=1S/C21H38/c1-4-6-8-10-12-13-14-16-18-20-21(3)19-17-15-11-9-7-5-2/h21H,1-2,5,7-20H2,3H3. The third-order valence-electron chi connectivity index (χ3n) is 4.32. The monoisotopic (exact) mass is 290 g/mol. The van der Waals surface area contributed by atoms with Crippen LogP contribution in [0.2, 0.25) is 0 Å². The van der Waals surface area contributed by atoms with Gasteiger partial charge >= 0.3 is 0 Å². The van der Waals surface area contributed by atoms with Gasteiger partial charge in [0, 0.05) is 13.3 Å². The fourth-order valence-electron chi connectivity index (χ4n) is 2.85. The van der Waals surface area contributed by atoms with Crippen molar-refractivity contribution < 1.29 is 0 Å². The van der Waals surface area contributed by atoms with Gasteiger partial charge in [0.15, 0.2) is 0 Å². The van der Waals surface area contributed by atoms with Crippen LogP contribution < -0.4 is 0 Å². The second kappa shape index (κ2) is 17.6. The molecule has 0 aliphatic rings. The molecule has 0 aromatic rings. The maximum atomic E-state index is 3.90. The molecule has 0 fully saturated rings. The van der Waals surface area contributed by atoms with Gasteiger partial charge < -0.3 is 0 Å². The average Bonchev–Trinajstić information content (AvgIpc) is 2.49. The molecule has 0 nitrogen and oxygen atoms in total. The molecule has 0 aromatic carbocycles. The summed E-state index contributed by atoms with van der Waals surface area (Å²) >= 11 is 0. The van der Waals surface area contributed by atoms with E-state index >= 15 is 0 Å². The minimum atomic E-state index is 0.935. The number of hydrogen-bond donors (Lipinski definition) is 0. The van der Waals surface area contributed by atoms with E-state index in [1.165, 1.54) is 83.5 Å². The molecule has 0 heteroatoms. The van der Waals surface area contributed by atoms with Gasteiger partial charge in [-0.1, -0.05) is 97.3 Å². The van der Waals surface area contributed by atoms with E-state index in [2.05, 4.69) is 32.6 Å². The molecule has 0 saturated heterocycles. The normalized spacial score (nSPS) is 12.0. The molecule has 0 saturated carbocycles. The van der Waals surface area contributed by atoms with Crippen molar-refractivity contribution in [2.24, 2.45) is 5.92 Å². The Morgan fingerprint density at radius 1 is 0.714 bits per heavy atom. The fourth-order valence-corrected chi connectivity index (χ4v) is 2.85. The van der Waals surface area contributed by atoms with Gasteiger partial charge in [0.1, 0.15) is 0 Å². The zero-order valence-electron chi connectivity index (χ0n) is 14.6. The molecular formula is C21H38. The zero-order chi connectivity index (χ0) is 15.6. The van der Waals surface area contributed by atoms with Crippen LogP contribution in [-0.2, 0) is 0 Å². The summed E-state index contributed by atoms with van der Waals surface area (Å²) in [6.45, 7) is 9.87. The molecule has 1 atom stereocenters.